The highest BCUT2D eigenvalue weighted by atomic mass is 19.1. The van der Waals surface area contributed by atoms with Crippen molar-refractivity contribution in [2.75, 3.05) is 11.6 Å². The fourth-order valence-corrected chi connectivity index (χ4v) is 3.11. The van der Waals surface area contributed by atoms with E-state index in [2.05, 4.69) is 16.7 Å². The van der Waals surface area contributed by atoms with Crippen LogP contribution in [-0.2, 0) is 6.54 Å². The molecule has 136 valence electrons. The number of rotatable bonds is 3. The Labute approximate surface area is 153 Å². The van der Waals surface area contributed by atoms with E-state index in [9.17, 15) is 8.78 Å². The second-order valence-electron chi connectivity index (χ2n) is 6.06. The minimum atomic E-state index is -0.688. The third-order valence-corrected chi connectivity index (χ3v) is 4.37. The molecule has 3 aromatic rings. The number of benzene rings is 2. The maximum absolute atomic E-state index is 14.5. The van der Waals surface area contributed by atoms with Gasteiger partial charge in [0.2, 0.25) is 0 Å². The molecule has 0 fully saturated rings. The van der Waals surface area contributed by atoms with Crippen molar-refractivity contribution < 1.29 is 8.78 Å². The normalized spacial score (nSPS) is 14.1. The molecule has 27 heavy (non-hydrogen) atoms. The lowest BCUT2D eigenvalue weighted by Crippen LogP contribution is -2.50. The number of hydrazine groups is 2. The lowest BCUT2D eigenvalue weighted by atomic mass is 10.2. The molecule has 0 unspecified atom stereocenters. The summed E-state index contributed by atoms with van der Waals surface area (Å²) in [6.45, 7) is 0.690. The van der Waals surface area contributed by atoms with Gasteiger partial charge >= 0.3 is 0 Å². The molecular formula is C18H15F2N7. The zero-order valence-electron chi connectivity index (χ0n) is 14.1. The van der Waals surface area contributed by atoms with Crippen LogP contribution in [0.5, 0.6) is 0 Å². The van der Waals surface area contributed by atoms with Crippen LogP contribution in [0.15, 0.2) is 48.7 Å². The Bertz CT molecular complexity index is 1020. The Morgan fingerprint density at radius 3 is 2.59 bits per heavy atom. The van der Waals surface area contributed by atoms with E-state index >= 15 is 0 Å². The first kappa shape index (κ1) is 17.1. The molecule has 0 spiro atoms. The van der Waals surface area contributed by atoms with Crippen LogP contribution in [-0.4, -0.2) is 21.5 Å². The van der Waals surface area contributed by atoms with Crippen molar-refractivity contribution in [3.05, 3.63) is 71.4 Å². The maximum atomic E-state index is 14.5. The van der Waals surface area contributed by atoms with Gasteiger partial charge in [-0.1, -0.05) is 0 Å². The maximum Gasteiger partial charge on any atom is 0.149 e. The van der Waals surface area contributed by atoms with Gasteiger partial charge in [-0.3, -0.25) is 5.84 Å². The highest BCUT2D eigenvalue weighted by Crippen LogP contribution is 2.36. The Hall–Kier alpha value is -3.32. The molecule has 2 heterocycles. The van der Waals surface area contributed by atoms with Gasteiger partial charge in [-0.15, -0.1) is 0 Å². The largest absolute Gasteiger partial charge is 0.308 e. The van der Waals surface area contributed by atoms with E-state index in [0.29, 0.717) is 17.9 Å². The standard InChI is InChI=1S/C18H15F2N7/c19-14-3-6-17(16(20)7-14)26-11-25(24-22)10-13-9-23-27(18(13)26)15-4-1-12(8-21)2-5-15/h1-7,9,24H,10-11,22H2. The van der Waals surface area contributed by atoms with Crippen molar-refractivity contribution in [1.82, 2.24) is 20.3 Å². The van der Waals surface area contributed by atoms with Gasteiger partial charge in [0, 0.05) is 18.2 Å². The zero-order chi connectivity index (χ0) is 19.0. The third-order valence-electron chi connectivity index (χ3n) is 4.37. The molecule has 3 N–H and O–H groups in total. The summed E-state index contributed by atoms with van der Waals surface area (Å²) in [5.74, 6) is 4.86. The summed E-state index contributed by atoms with van der Waals surface area (Å²) in [6.07, 6.45) is 1.67. The number of nitriles is 1. The molecule has 0 saturated heterocycles. The minimum absolute atomic E-state index is 0.202. The monoisotopic (exact) mass is 367 g/mol. The van der Waals surface area contributed by atoms with Gasteiger partial charge in [0.25, 0.3) is 0 Å². The number of halogens is 2. The molecule has 4 rings (SSSR count). The van der Waals surface area contributed by atoms with E-state index < -0.39 is 11.6 Å². The first-order valence-corrected chi connectivity index (χ1v) is 8.12. The highest BCUT2D eigenvalue weighted by Gasteiger charge is 2.29. The third kappa shape index (κ3) is 3.02. The van der Waals surface area contributed by atoms with Gasteiger partial charge in [-0.05, 0) is 36.4 Å². The molecule has 0 aliphatic carbocycles. The Kier molecular flexibility index (Phi) is 4.29. The van der Waals surface area contributed by atoms with Crippen molar-refractivity contribution in [3.63, 3.8) is 0 Å². The van der Waals surface area contributed by atoms with Crippen LogP contribution in [0.25, 0.3) is 5.69 Å². The van der Waals surface area contributed by atoms with E-state index in [-0.39, 0.29) is 12.4 Å². The Balaban J connectivity index is 1.85. The average molecular weight is 367 g/mol. The average Bonchev–Trinajstić information content (AvgIpc) is 3.11. The fourth-order valence-electron chi connectivity index (χ4n) is 3.11. The quantitative estimate of drug-likeness (QED) is 0.546. The molecule has 0 saturated carbocycles. The van der Waals surface area contributed by atoms with Gasteiger partial charge in [0.1, 0.15) is 17.5 Å². The first-order valence-electron chi connectivity index (χ1n) is 8.12. The van der Waals surface area contributed by atoms with Crippen LogP contribution in [0, 0.1) is 23.0 Å². The Morgan fingerprint density at radius 2 is 1.93 bits per heavy atom. The molecule has 1 aliphatic heterocycles. The molecule has 9 heteroatoms. The van der Waals surface area contributed by atoms with E-state index in [0.717, 1.165) is 17.3 Å². The summed E-state index contributed by atoms with van der Waals surface area (Å²) < 4.78 is 29.5. The zero-order valence-corrected chi connectivity index (χ0v) is 14.1. The van der Waals surface area contributed by atoms with Crippen LogP contribution in [0.4, 0.5) is 20.3 Å². The predicted octanol–water partition coefficient (Wildman–Crippen LogP) is 2.31. The molecule has 1 aliphatic rings. The summed E-state index contributed by atoms with van der Waals surface area (Å²) in [6, 6.07) is 12.4. The van der Waals surface area contributed by atoms with Gasteiger partial charge in [0.15, 0.2) is 0 Å². The lowest BCUT2D eigenvalue weighted by Gasteiger charge is -2.36. The van der Waals surface area contributed by atoms with Crippen LogP contribution in [0.3, 0.4) is 0 Å². The van der Waals surface area contributed by atoms with Crippen molar-refractivity contribution in [1.29, 1.82) is 5.26 Å². The number of nitrogens with zero attached hydrogens (tertiary/aromatic N) is 5. The molecule has 0 amide bonds. The van der Waals surface area contributed by atoms with E-state index in [1.165, 1.54) is 12.1 Å². The van der Waals surface area contributed by atoms with E-state index in [1.54, 1.807) is 45.1 Å². The highest BCUT2D eigenvalue weighted by molar-refractivity contribution is 5.66. The minimum Gasteiger partial charge on any atom is -0.308 e. The van der Waals surface area contributed by atoms with Crippen LogP contribution in [0.1, 0.15) is 11.1 Å². The number of hydrogen-bond donors (Lipinski definition) is 2. The first-order chi connectivity index (χ1) is 13.1. The summed E-state index contributed by atoms with van der Waals surface area (Å²) in [5, 5.41) is 15.1. The summed E-state index contributed by atoms with van der Waals surface area (Å²) in [7, 11) is 0. The van der Waals surface area contributed by atoms with Crippen molar-refractivity contribution in [2.24, 2.45) is 5.84 Å². The molecule has 0 radical (unpaired) electrons. The van der Waals surface area contributed by atoms with Gasteiger partial charge in [0.05, 0.1) is 35.9 Å². The number of anilines is 2. The van der Waals surface area contributed by atoms with Crippen molar-refractivity contribution in [2.45, 2.75) is 6.54 Å². The van der Waals surface area contributed by atoms with Gasteiger partial charge in [-0.25, -0.2) is 18.5 Å². The van der Waals surface area contributed by atoms with Gasteiger partial charge in [-0.2, -0.15) is 15.9 Å². The van der Waals surface area contributed by atoms with Gasteiger partial charge < -0.3 is 4.90 Å². The van der Waals surface area contributed by atoms with E-state index in [1.807, 2.05) is 0 Å². The number of hydrogen-bond acceptors (Lipinski definition) is 6. The second kappa shape index (κ2) is 6.77. The predicted molar refractivity (Wildman–Crippen MR) is 94.5 cm³/mol. The molecule has 7 nitrogen and oxygen atoms in total. The van der Waals surface area contributed by atoms with Crippen LogP contribution >= 0.6 is 0 Å². The Morgan fingerprint density at radius 1 is 1.15 bits per heavy atom. The van der Waals surface area contributed by atoms with Crippen molar-refractivity contribution in [3.8, 4) is 11.8 Å². The van der Waals surface area contributed by atoms with E-state index in [4.69, 9.17) is 11.1 Å². The summed E-state index contributed by atoms with van der Waals surface area (Å²) >= 11 is 0. The summed E-state index contributed by atoms with van der Waals surface area (Å²) in [5.41, 5.74) is 4.82. The molecule has 0 bridgehead atoms. The smallest absolute Gasteiger partial charge is 0.149 e. The number of nitrogens with one attached hydrogen (secondary N) is 1. The number of fused-ring (bicyclic) bond motifs is 1. The molecule has 2 aromatic carbocycles. The molecule has 0 atom stereocenters. The van der Waals surface area contributed by atoms with Crippen LogP contribution in [0.2, 0.25) is 0 Å². The number of aromatic nitrogens is 2. The van der Waals surface area contributed by atoms with Crippen molar-refractivity contribution >= 4 is 11.5 Å². The molecular weight excluding hydrogens is 352 g/mol. The SMILES string of the molecule is N#Cc1ccc(-n2ncc3c2N(c2ccc(F)cc2F)CN(NN)C3)cc1. The lowest BCUT2D eigenvalue weighted by molar-refractivity contribution is 0.176. The summed E-state index contributed by atoms with van der Waals surface area (Å²) in [4.78, 5) is 1.67. The topological polar surface area (TPSA) is 86.1 Å². The van der Waals surface area contributed by atoms with Crippen LogP contribution < -0.4 is 16.3 Å². The molecule has 1 aromatic heterocycles. The second-order valence-corrected chi connectivity index (χ2v) is 6.06. The fraction of sp³-hybridized carbons (Fsp3) is 0.111. The number of nitrogens with two attached hydrogens (primary N) is 1.